The number of nitrogens with one attached hydrogen (secondary N) is 3. The molecule has 0 aromatic rings. The van der Waals surface area contributed by atoms with Crippen molar-refractivity contribution in [2.24, 2.45) is 35.5 Å². The van der Waals surface area contributed by atoms with Crippen LogP contribution >= 0.6 is 11.6 Å². The highest BCUT2D eigenvalue weighted by Gasteiger charge is 2.52. The number of rotatable bonds is 11. The third-order valence-corrected chi connectivity index (χ3v) is 22.1. The van der Waals surface area contributed by atoms with Crippen molar-refractivity contribution in [3.8, 4) is 0 Å². The van der Waals surface area contributed by atoms with Crippen LogP contribution in [0.25, 0.3) is 0 Å². The molecule has 29 heteroatoms. The zero-order chi connectivity index (χ0) is 72.8. The normalized spacial score (nSPS) is 29.4. The van der Waals surface area contributed by atoms with E-state index in [0.29, 0.717) is 25.7 Å². The Bertz CT molecular complexity index is 2840. The van der Waals surface area contributed by atoms with E-state index in [1.807, 2.05) is 20.8 Å². The Morgan fingerprint density at radius 3 is 1.83 bits per heavy atom. The molecule has 3 N–H and O–H groups in total. The van der Waals surface area contributed by atoms with Crippen molar-refractivity contribution in [2.75, 3.05) is 102 Å². The van der Waals surface area contributed by atoms with Gasteiger partial charge in [0, 0.05) is 74.3 Å². The number of nitrogens with zero attached hydrogens (tertiary/aromatic N) is 9. The minimum absolute atomic E-state index is 0.00493. The molecule has 6 fully saturated rings. The van der Waals surface area contributed by atoms with Gasteiger partial charge in [0.05, 0.1) is 45.2 Å². The molecule has 0 bridgehead atoms. The molecule has 11 atom stereocenters. The Kier molecular flexibility index (Phi) is 29.5. The number of ether oxygens (including phenoxy) is 1. The second-order valence-electron chi connectivity index (χ2n) is 29.6. The molecule has 1 spiro atoms. The molecule has 6 rings (SSSR count). The summed E-state index contributed by atoms with van der Waals surface area (Å²) in [4.78, 5) is 189. The smallest absolute Gasteiger partial charge is 0.378 e. The van der Waals surface area contributed by atoms with E-state index >= 15 is 19.2 Å². The molecule has 12 amide bonds. The number of hydrogen-bond acceptors (Lipinski definition) is 13. The summed E-state index contributed by atoms with van der Waals surface area (Å²) in [5.74, 6) is -11.2. The minimum Gasteiger partial charge on any atom is -0.378 e. The average Bonchev–Trinajstić information content (AvgIpc) is 1.30. The molecular weight excluding hydrogens is 1300 g/mol. The lowest BCUT2D eigenvalue weighted by molar-refractivity contribution is -0.182. The van der Waals surface area contributed by atoms with E-state index in [1.54, 1.807) is 20.8 Å². The number of likely N-dealkylation sites (N-methyl/N-ethyl adjacent to an activating group) is 7. The summed E-state index contributed by atoms with van der Waals surface area (Å²) < 4.78 is 47.5. The summed E-state index contributed by atoms with van der Waals surface area (Å²) in [6.07, 6.45) is 1.86. The van der Waals surface area contributed by atoms with E-state index in [0.717, 1.165) is 51.7 Å². The van der Waals surface area contributed by atoms with Crippen molar-refractivity contribution in [3.05, 3.63) is 0 Å². The fourth-order valence-corrected chi connectivity index (χ4v) is 15.8. The minimum atomic E-state index is -4.51. The molecular formula is C69H112ClF3N12O13. The standard InChI is InChI=1S/C69H112ClF3N12O13/c1-14-44(6)58-65(95)79(9)40-56(88)77(7)41-57(89)81(11)52(37-45-21-16-15-17-22-45)63(93)78(8)39-54(86)74-49(27-25-46-24-26-47(48(70)36-46)69(71,72)73)62(92)85-30-20-23-50(85)61(91)76-68(28-18-19-29-68)67(97)83(13)59(43(4)5)66(96)82(12)53(64(94)84-31-33-98-34-32-84)38-55(87)80(10)51(35-42(2)3)60(90)75-58/h42-53,58-59H,14-41H2,1-13H3,(H,74,86)(H,75,90)(H,76,91)/t44-,46?,47?,48?,49-,50-,51-,52-,53-,58-,59-/m0/s1. The van der Waals surface area contributed by atoms with Crippen molar-refractivity contribution < 1.29 is 75.4 Å². The third kappa shape index (κ3) is 20.5. The molecule has 3 unspecified atom stereocenters. The van der Waals surface area contributed by atoms with E-state index in [2.05, 4.69) is 16.0 Å². The van der Waals surface area contributed by atoms with Crippen LogP contribution < -0.4 is 16.0 Å². The molecule has 0 aromatic heterocycles. The topological polar surface area (TPSA) is 279 Å². The Morgan fingerprint density at radius 2 is 1.23 bits per heavy atom. The van der Waals surface area contributed by atoms with Gasteiger partial charge in [-0.05, 0) is 100 Å². The molecule has 3 aliphatic heterocycles. The Hall–Kier alpha value is -6.32. The number of carbonyl (C=O) groups is 12. The van der Waals surface area contributed by atoms with Crippen LogP contribution in [0.2, 0.25) is 0 Å². The van der Waals surface area contributed by atoms with Gasteiger partial charge in [-0.2, -0.15) is 13.2 Å². The van der Waals surface area contributed by atoms with Crippen LogP contribution in [-0.4, -0.2) is 276 Å². The first-order valence-electron chi connectivity index (χ1n) is 35.6. The zero-order valence-electron chi connectivity index (χ0n) is 60.2. The van der Waals surface area contributed by atoms with Crippen molar-refractivity contribution in [2.45, 2.75) is 229 Å². The van der Waals surface area contributed by atoms with E-state index in [-0.39, 0.29) is 115 Å². The number of carbonyl (C=O) groups excluding carboxylic acids is 12. The third-order valence-electron chi connectivity index (χ3n) is 21.6. The number of morpholine rings is 1. The fourth-order valence-electron chi connectivity index (χ4n) is 15.3. The Labute approximate surface area is 582 Å². The first-order chi connectivity index (χ1) is 46.0. The highest BCUT2D eigenvalue weighted by molar-refractivity contribution is 6.21. The second kappa shape index (κ2) is 35.8. The molecule has 3 saturated heterocycles. The Morgan fingerprint density at radius 1 is 0.622 bits per heavy atom. The predicted octanol–water partition coefficient (Wildman–Crippen LogP) is 4.41. The quantitative estimate of drug-likeness (QED) is 0.242. The lowest BCUT2D eigenvalue weighted by atomic mass is 9.78. The van der Waals surface area contributed by atoms with Gasteiger partial charge in [0.15, 0.2) is 0 Å². The molecule has 3 aliphatic carbocycles. The van der Waals surface area contributed by atoms with E-state index in [1.165, 1.54) is 73.8 Å². The lowest BCUT2D eigenvalue weighted by Gasteiger charge is -2.42. The SMILES string of the molecule is CC[C@H](C)[C@@H]1NC(=O)[C@H](CC(C)C)N(C)C(=O)C[C@@H](C(=O)N2CCOCC2)N(C)C(=O)[C@H](C(C)C)N(C)C(=O)C2(CCCC2)NC(=O)[C@@H]2CCCN2C(=O)[C@H](CCC2CCC(C(F)(F)F)C(Cl)C2)NC(=O)CN(C)C(=O)[C@H](CC2CCCCC2)N(C)C(=O)CN(C)C(=O)CN(C)C1=O. The molecule has 3 heterocycles. The molecule has 25 nitrogen and oxygen atoms in total. The summed E-state index contributed by atoms with van der Waals surface area (Å²) in [5, 5.41) is 7.51. The van der Waals surface area contributed by atoms with Gasteiger partial charge in [0.2, 0.25) is 70.9 Å². The van der Waals surface area contributed by atoms with Crippen molar-refractivity contribution in [3.63, 3.8) is 0 Å². The summed E-state index contributed by atoms with van der Waals surface area (Å²) in [6, 6.07) is -8.77. The first-order valence-corrected chi connectivity index (χ1v) is 36.1. The fraction of sp³-hybridized carbons (Fsp3) is 0.826. The molecule has 6 aliphatic rings. The van der Waals surface area contributed by atoms with Crippen molar-refractivity contribution in [1.82, 2.24) is 60.0 Å². The van der Waals surface area contributed by atoms with Crippen LogP contribution in [0.1, 0.15) is 170 Å². The zero-order valence-corrected chi connectivity index (χ0v) is 61.0. The maximum absolute atomic E-state index is 15.4. The number of alkyl halides is 4. The molecule has 0 aromatic carbocycles. The number of halogens is 4. The lowest BCUT2D eigenvalue weighted by Crippen LogP contribution is -2.65. The van der Waals surface area contributed by atoms with Gasteiger partial charge in [-0.3, -0.25) is 57.5 Å². The molecule has 554 valence electrons. The van der Waals surface area contributed by atoms with E-state index < -0.39 is 174 Å². The molecule has 98 heavy (non-hydrogen) atoms. The summed E-state index contributed by atoms with van der Waals surface area (Å²) in [7, 11) is 9.84. The maximum Gasteiger partial charge on any atom is 0.393 e. The van der Waals surface area contributed by atoms with Gasteiger partial charge in [-0.1, -0.05) is 92.9 Å². The second-order valence-corrected chi connectivity index (χ2v) is 30.2. The van der Waals surface area contributed by atoms with Gasteiger partial charge in [-0.15, -0.1) is 11.6 Å². The van der Waals surface area contributed by atoms with Gasteiger partial charge < -0.3 is 64.8 Å². The summed E-state index contributed by atoms with van der Waals surface area (Å²) in [5.41, 5.74) is -1.58. The van der Waals surface area contributed by atoms with Gasteiger partial charge in [0.1, 0.15) is 47.8 Å². The number of fused-ring (bicyclic) bond motifs is 1. The van der Waals surface area contributed by atoms with Crippen LogP contribution in [-0.2, 0) is 62.3 Å². The van der Waals surface area contributed by atoms with Crippen LogP contribution in [0.3, 0.4) is 0 Å². The Balaban J connectivity index is 1.40. The predicted molar refractivity (Wildman–Crippen MR) is 360 cm³/mol. The number of amides is 12. The monoisotopic (exact) mass is 1410 g/mol. The van der Waals surface area contributed by atoms with E-state index in [9.17, 15) is 51.5 Å². The average molecular weight is 1410 g/mol. The van der Waals surface area contributed by atoms with Crippen LogP contribution in [0.15, 0.2) is 0 Å². The van der Waals surface area contributed by atoms with Crippen LogP contribution in [0.4, 0.5) is 13.2 Å². The summed E-state index contributed by atoms with van der Waals surface area (Å²) >= 11 is 6.39. The van der Waals surface area contributed by atoms with Gasteiger partial charge >= 0.3 is 6.18 Å². The molecule has 3 saturated carbocycles. The van der Waals surface area contributed by atoms with Crippen LogP contribution in [0.5, 0.6) is 0 Å². The molecule has 0 radical (unpaired) electrons. The highest BCUT2D eigenvalue weighted by atomic mass is 35.5. The van der Waals surface area contributed by atoms with Gasteiger partial charge in [-0.25, -0.2) is 0 Å². The largest absolute Gasteiger partial charge is 0.393 e. The summed E-state index contributed by atoms with van der Waals surface area (Å²) in [6.45, 7) is 9.81. The van der Waals surface area contributed by atoms with Crippen molar-refractivity contribution >= 4 is 82.5 Å². The van der Waals surface area contributed by atoms with Crippen molar-refractivity contribution in [1.29, 1.82) is 0 Å². The van der Waals surface area contributed by atoms with Crippen LogP contribution in [0, 0.1) is 35.5 Å². The first kappa shape index (κ1) is 80.7. The van der Waals surface area contributed by atoms with Gasteiger partial charge in [0.25, 0.3) is 0 Å². The van der Waals surface area contributed by atoms with E-state index in [4.69, 9.17) is 16.3 Å². The highest BCUT2D eigenvalue weighted by Crippen LogP contribution is 2.44. The number of hydrogen-bond donors (Lipinski definition) is 3. The maximum atomic E-state index is 15.4.